The number of anilines is 1. The molecular weight excluding hydrogens is 292 g/mol. The van der Waals surface area contributed by atoms with Crippen molar-refractivity contribution >= 4 is 11.8 Å². The monoisotopic (exact) mass is 314 g/mol. The van der Waals surface area contributed by atoms with Crippen molar-refractivity contribution in [1.82, 2.24) is 24.8 Å². The van der Waals surface area contributed by atoms with Gasteiger partial charge in [0.15, 0.2) is 0 Å². The maximum Gasteiger partial charge on any atom is 0.323 e. The van der Waals surface area contributed by atoms with Gasteiger partial charge in [-0.1, -0.05) is 6.92 Å². The van der Waals surface area contributed by atoms with Crippen LogP contribution in [-0.4, -0.2) is 57.0 Å². The smallest absolute Gasteiger partial charge is 0.323 e. The summed E-state index contributed by atoms with van der Waals surface area (Å²) in [4.78, 5) is 28.4. The number of likely N-dealkylation sites (N-methyl/N-ethyl adjacent to an activating group) is 1. The van der Waals surface area contributed by atoms with E-state index in [4.69, 9.17) is 0 Å². The Kier molecular flexibility index (Phi) is 4.57. The molecule has 7 heteroatoms. The van der Waals surface area contributed by atoms with Gasteiger partial charge in [0.05, 0.1) is 6.04 Å². The zero-order valence-electron chi connectivity index (χ0n) is 13.5. The second kappa shape index (κ2) is 6.78. The number of nitrogens with zero attached hydrogens (tertiary/aromatic N) is 4. The number of carbonyl (C=O) groups is 1. The van der Waals surface area contributed by atoms with Crippen molar-refractivity contribution in [3.63, 3.8) is 0 Å². The molecule has 0 bridgehead atoms. The van der Waals surface area contributed by atoms with E-state index in [1.165, 1.54) is 0 Å². The Morgan fingerprint density at radius 1 is 1.39 bits per heavy atom. The van der Waals surface area contributed by atoms with Crippen LogP contribution in [0.1, 0.15) is 24.4 Å². The highest BCUT2D eigenvalue weighted by molar-refractivity contribution is 5.88. The van der Waals surface area contributed by atoms with E-state index >= 15 is 0 Å². The first kappa shape index (κ1) is 15.5. The number of imidazole rings is 1. The summed E-state index contributed by atoms with van der Waals surface area (Å²) in [6.45, 7) is 7.17. The normalized spacial score (nSPS) is 18.9. The predicted octanol–water partition coefficient (Wildman–Crippen LogP) is 2.02. The number of aryl methyl sites for hydroxylation is 1. The van der Waals surface area contributed by atoms with Gasteiger partial charge in [0.2, 0.25) is 0 Å². The van der Waals surface area contributed by atoms with Crippen molar-refractivity contribution in [1.29, 1.82) is 0 Å². The summed E-state index contributed by atoms with van der Waals surface area (Å²) in [6, 6.07) is 3.75. The van der Waals surface area contributed by atoms with E-state index in [9.17, 15) is 4.79 Å². The molecule has 0 saturated carbocycles. The van der Waals surface area contributed by atoms with Crippen molar-refractivity contribution in [2.24, 2.45) is 0 Å². The summed E-state index contributed by atoms with van der Waals surface area (Å²) >= 11 is 0. The Labute approximate surface area is 135 Å². The molecule has 0 radical (unpaired) electrons. The molecule has 0 spiro atoms. The summed E-state index contributed by atoms with van der Waals surface area (Å²) in [5.74, 6) is 1.49. The fraction of sp³-hybridized carbons (Fsp3) is 0.438. The lowest BCUT2D eigenvalue weighted by atomic mass is 10.1. The average molecular weight is 314 g/mol. The van der Waals surface area contributed by atoms with E-state index in [1.807, 2.05) is 30.2 Å². The molecular formula is C16H22N6O. The summed E-state index contributed by atoms with van der Waals surface area (Å²) < 4.78 is 0. The number of amides is 2. The lowest BCUT2D eigenvalue weighted by Crippen LogP contribution is -2.51. The van der Waals surface area contributed by atoms with Crippen molar-refractivity contribution in [2.75, 3.05) is 31.5 Å². The molecule has 2 aromatic rings. The molecule has 1 aliphatic rings. The number of hydrogen-bond donors (Lipinski definition) is 2. The summed E-state index contributed by atoms with van der Waals surface area (Å²) in [5, 5.41) is 2.88. The van der Waals surface area contributed by atoms with E-state index < -0.39 is 0 Å². The topological polar surface area (TPSA) is 77.2 Å². The lowest BCUT2D eigenvalue weighted by Gasteiger charge is -2.39. The first-order valence-corrected chi connectivity index (χ1v) is 7.89. The molecule has 2 N–H and O–H groups in total. The number of nitrogens with one attached hydrogen (secondary N) is 2. The highest BCUT2D eigenvalue weighted by Gasteiger charge is 2.31. The first-order valence-electron chi connectivity index (χ1n) is 7.89. The molecule has 2 amide bonds. The maximum absolute atomic E-state index is 12.5. The zero-order chi connectivity index (χ0) is 16.2. The molecule has 122 valence electrons. The average Bonchev–Trinajstić information content (AvgIpc) is 3.08. The van der Waals surface area contributed by atoms with E-state index in [0.29, 0.717) is 18.9 Å². The minimum absolute atomic E-state index is 0.0972. The molecule has 3 rings (SSSR count). The van der Waals surface area contributed by atoms with Crippen molar-refractivity contribution < 1.29 is 4.79 Å². The van der Waals surface area contributed by atoms with Gasteiger partial charge in [0.1, 0.15) is 11.6 Å². The predicted molar refractivity (Wildman–Crippen MR) is 88.1 cm³/mol. The highest BCUT2D eigenvalue weighted by atomic mass is 16.2. The number of aromatic amines is 1. The Balaban J connectivity index is 1.69. The number of pyridine rings is 1. The van der Waals surface area contributed by atoms with Crippen LogP contribution in [0, 0.1) is 6.92 Å². The lowest BCUT2D eigenvalue weighted by molar-refractivity contribution is 0.0946. The molecule has 1 aliphatic heterocycles. The van der Waals surface area contributed by atoms with Gasteiger partial charge >= 0.3 is 6.03 Å². The van der Waals surface area contributed by atoms with Gasteiger partial charge in [0.25, 0.3) is 0 Å². The van der Waals surface area contributed by atoms with Crippen molar-refractivity contribution in [3.8, 4) is 0 Å². The number of H-pyrrole nitrogens is 1. The summed E-state index contributed by atoms with van der Waals surface area (Å²) in [6.07, 6.45) is 5.27. The standard InChI is InChI=1S/C16H22N6O/c1-3-21-8-9-22(11-13(21)15-18-6-7-19-15)16(23)20-14-10-12(2)4-5-17-14/h4-7,10,13H,3,8-9,11H2,1-2H3,(H,18,19)(H,17,20,23). The number of rotatable bonds is 3. The van der Waals surface area contributed by atoms with Crippen LogP contribution in [0.3, 0.4) is 0 Å². The van der Waals surface area contributed by atoms with Crippen LogP contribution in [0.5, 0.6) is 0 Å². The molecule has 23 heavy (non-hydrogen) atoms. The van der Waals surface area contributed by atoms with Gasteiger partial charge in [-0.15, -0.1) is 0 Å². The molecule has 1 atom stereocenters. The Hall–Kier alpha value is -2.41. The van der Waals surface area contributed by atoms with Gasteiger partial charge < -0.3 is 9.88 Å². The molecule has 2 aromatic heterocycles. The van der Waals surface area contributed by atoms with Crippen LogP contribution < -0.4 is 5.32 Å². The van der Waals surface area contributed by atoms with Crippen molar-refractivity contribution in [2.45, 2.75) is 19.9 Å². The third kappa shape index (κ3) is 3.50. The number of aromatic nitrogens is 3. The minimum Gasteiger partial charge on any atom is -0.347 e. The maximum atomic E-state index is 12.5. The van der Waals surface area contributed by atoms with Gasteiger partial charge in [-0.25, -0.2) is 14.8 Å². The van der Waals surface area contributed by atoms with E-state index in [2.05, 4.69) is 32.1 Å². The second-order valence-electron chi connectivity index (χ2n) is 5.71. The van der Waals surface area contributed by atoms with Gasteiger partial charge in [0, 0.05) is 38.2 Å². The van der Waals surface area contributed by atoms with Gasteiger partial charge in [-0.2, -0.15) is 0 Å². The van der Waals surface area contributed by atoms with Crippen LogP contribution in [0.25, 0.3) is 0 Å². The molecule has 1 unspecified atom stereocenters. The number of carbonyl (C=O) groups excluding carboxylic acids is 1. The fourth-order valence-electron chi connectivity index (χ4n) is 2.90. The first-order chi connectivity index (χ1) is 11.2. The van der Waals surface area contributed by atoms with Crippen LogP contribution in [0.15, 0.2) is 30.7 Å². The Morgan fingerprint density at radius 3 is 2.96 bits per heavy atom. The summed E-state index contributed by atoms with van der Waals surface area (Å²) in [5.41, 5.74) is 1.07. The number of piperazine rings is 1. The number of hydrogen-bond acceptors (Lipinski definition) is 4. The molecule has 0 aromatic carbocycles. The largest absolute Gasteiger partial charge is 0.347 e. The van der Waals surface area contributed by atoms with Gasteiger partial charge in [-0.05, 0) is 31.2 Å². The third-order valence-electron chi connectivity index (χ3n) is 4.17. The molecule has 7 nitrogen and oxygen atoms in total. The molecule has 1 saturated heterocycles. The molecule has 1 fully saturated rings. The van der Waals surface area contributed by atoms with Crippen LogP contribution in [0.4, 0.5) is 10.6 Å². The number of urea groups is 1. The Morgan fingerprint density at radius 2 is 2.26 bits per heavy atom. The van der Waals surface area contributed by atoms with Crippen LogP contribution >= 0.6 is 0 Å². The van der Waals surface area contributed by atoms with E-state index in [0.717, 1.165) is 24.5 Å². The quantitative estimate of drug-likeness (QED) is 0.908. The highest BCUT2D eigenvalue weighted by Crippen LogP contribution is 2.22. The van der Waals surface area contributed by atoms with E-state index in [-0.39, 0.29) is 12.1 Å². The zero-order valence-corrected chi connectivity index (χ0v) is 13.5. The van der Waals surface area contributed by atoms with Crippen LogP contribution in [-0.2, 0) is 0 Å². The second-order valence-corrected chi connectivity index (χ2v) is 5.71. The minimum atomic E-state index is -0.115. The van der Waals surface area contributed by atoms with Gasteiger partial charge in [-0.3, -0.25) is 10.2 Å². The SMILES string of the molecule is CCN1CCN(C(=O)Nc2cc(C)ccn2)CC1c1ncc[nH]1. The van der Waals surface area contributed by atoms with Crippen LogP contribution in [0.2, 0.25) is 0 Å². The Bertz CT molecular complexity index is 656. The third-order valence-corrected chi connectivity index (χ3v) is 4.17. The fourth-order valence-corrected chi connectivity index (χ4v) is 2.90. The molecule has 3 heterocycles. The van der Waals surface area contributed by atoms with Crippen molar-refractivity contribution in [3.05, 3.63) is 42.1 Å². The molecule has 0 aliphatic carbocycles. The summed E-state index contributed by atoms with van der Waals surface area (Å²) in [7, 11) is 0. The van der Waals surface area contributed by atoms with E-state index in [1.54, 1.807) is 12.4 Å².